The minimum Gasteiger partial charge on any atom is -0.386 e. The van der Waals surface area contributed by atoms with E-state index in [1.807, 2.05) is 0 Å². The van der Waals surface area contributed by atoms with Crippen LogP contribution in [0.1, 0.15) is 25.6 Å². The Morgan fingerprint density at radius 1 is 1.49 bits per heavy atom. The molecule has 0 bridgehead atoms. The van der Waals surface area contributed by atoms with Crippen LogP contribution in [0.15, 0.2) is 41.6 Å². The number of nitrogens with zero attached hydrogens (tertiary/aromatic N) is 3. The van der Waals surface area contributed by atoms with E-state index in [-0.39, 0.29) is 24.3 Å². The maximum absolute atomic E-state index is 15.4. The molecule has 1 fully saturated rings. The highest BCUT2D eigenvalue weighted by Gasteiger charge is 2.57. The standard InChI is InChI=1S/C20H26BrFN5O7P/c1-12(13(2)28)11-35(32,24-9-14-4-3-6-23-8-14)33-10-15-17(29)20(21,22)18(34-15)27-7-5-16(26-31)25-19(27)30/h3-8,12,15,17-18,29,31H,9-11H2,1-2H3,(H,24,32)(H,25,26,30)/t12-,15-,17+,18-,20?,35?/m1/s1. The zero-order chi connectivity index (χ0) is 25.8. The number of aromatic nitrogens is 3. The van der Waals surface area contributed by atoms with E-state index in [0.717, 1.165) is 16.3 Å². The first-order valence-corrected chi connectivity index (χ1v) is 13.2. The van der Waals surface area contributed by atoms with Gasteiger partial charge in [0.15, 0.2) is 12.0 Å². The summed E-state index contributed by atoms with van der Waals surface area (Å²) in [5, 5.41) is 22.2. The summed E-state index contributed by atoms with van der Waals surface area (Å²) < 4.78 is 38.3. The summed E-state index contributed by atoms with van der Waals surface area (Å²) in [5.41, 5.74) is 1.47. The monoisotopic (exact) mass is 577 g/mol. The van der Waals surface area contributed by atoms with Crippen LogP contribution in [0.5, 0.6) is 0 Å². The van der Waals surface area contributed by atoms with Gasteiger partial charge in [0.2, 0.25) is 4.58 Å². The average molecular weight is 578 g/mol. The maximum Gasteiger partial charge on any atom is 0.351 e. The number of carbonyl (C=O) groups excluding carboxylic acids is 1. The SMILES string of the molecule is CC(=O)[C@H](C)CP(=O)(NCc1cccnc1)OC[C@H]1O[C@@H](n2ccc(NO)nc2=O)C(F)(Br)[C@H]1O. The predicted octanol–water partition coefficient (Wildman–Crippen LogP) is 1.98. The third-order valence-electron chi connectivity index (χ3n) is 5.48. The van der Waals surface area contributed by atoms with Crippen molar-refractivity contribution in [1.82, 2.24) is 19.6 Å². The van der Waals surface area contributed by atoms with Crippen LogP contribution in [0.3, 0.4) is 0 Å². The van der Waals surface area contributed by atoms with Crippen molar-refractivity contribution in [3.05, 3.63) is 52.8 Å². The van der Waals surface area contributed by atoms with Gasteiger partial charge in [0.05, 0.1) is 6.61 Å². The molecule has 1 saturated heterocycles. The zero-order valence-corrected chi connectivity index (χ0v) is 21.4. The second kappa shape index (κ2) is 11.3. The van der Waals surface area contributed by atoms with E-state index in [9.17, 15) is 19.3 Å². The predicted molar refractivity (Wildman–Crippen MR) is 126 cm³/mol. The first kappa shape index (κ1) is 27.5. The highest BCUT2D eigenvalue weighted by atomic mass is 79.9. The first-order chi connectivity index (χ1) is 16.5. The van der Waals surface area contributed by atoms with Crippen LogP contribution in [0.2, 0.25) is 0 Å². The van der Waals surface area contributed by atoms with Gasteiger partial charge in [-0.25, -0.2) is 14.3 Å². The Morgan fingerprint density at radius 3 is 2.83 bits per heavy atom. The molecule has 0 amide bonds. The number of ether oxygens (including phenoxy) is 1. The topological polar surface area (TPSA) is 165 Å². The Bertz CT molecular complexity index is 1140. The van der Waals surface area contributed by atoms with Gasteiger partial charge in [-0.15, -0.1) is 0 Å². The molecule has 3 heterocycles. The van der Waals surface area contributed by atoms with Crippen molar-refractivity contribution in [2.24, 2.45) is 5.92 Å². The summed E-state index contributed by atoms with van der Waals surface area (Å²) in [6.07, 6.45) is -0.628. The molecule has 2 aromatic rings. The molecule has 6 atom stereocenters. The molecule has 0 aliphatic carbocycles. The molecule has 3 rings (SSSR count). The number of halogens is 2. The van der Waals surface area contributed by atoms with Crippen molar-refractivity contribution in [2.75, 3.05) is 18.2 Å². The fourth-order valence-electron chi connectivity index (χ4n) is 3.32. The van der Waals surface area contributed by atoms with Crippen molar-refractivity contribution < 1.29 is 33.3 Å². The number of nitrogens with one attached hydrogen (secondary N) is 2. The fraction of sp³-hybridized carbons (Fsp3) is 0.500. The molecule has 1 aliphatic rings. The van der Waals surface area contributed by atoms with Gasteiger partial charge >= 0.3 is 5.69 Å². The van der Waals surface area contributed by atoms with Crippen LogP contribution in [0.4, 0.5) is 10.2 Å². The normalized spacial score (nSPS) is 26.7. The van der Waals surface area contributed by atoms with Crippen LogP contribution in [0, 0.1) is 5.92 Å². The first-order valence-electron chi connectivity index (χ1n) is 10.6. The number of pyridine rings is 1. The third-order valence-corrected chi connectivity index (χ3v) is 8.57. The van der Waals surface area contributed by atoms with E-state index in [4.69, 9.17) is 14.5 Å². The molecule has 0 spiro atoms. The molecule has 15 heteroatoms. The Labute approximate surface area is 208 Å². The largest absolute Gasteiger partial charge is 0.386 e. The van der Waals surface area contributed by atoms with Gasteiger partial charge in [-0.2, -0.15) is 4.98 Å². The van der Waals surface area contributed by atoms with Crippen LogP contribution in [-0.2, 0) is 25.2 Å². The second-order valence-electron chi connectivity index (χ2n) is 8.12. The number of aliphatic hydroxyl groups excluding tert-OH is 1. The van der Waals surface area contributed by atoms with Crippen molar-refractivity contribution in [3.63, 3.8) is 0 Å². The quantitative estimate of drug-likeness (QED) is 0.175. The van der Waals surface area contributed by atoms with Crippen LogP contribution in [-0.4, -0.2) is 60.2 Å². The molecule has 0 saturated carbocycles. The van der Waals surface area contributed by atoms with Crippen molar-refractivity contribution >= 4 is 35.1 Å². The maximum atomic E-state index is 15.4. The second-order valence-corrected chi connectivity index (χ2v) is 11.6. The van der Waals surface area contributed by atoms with Crippen LogP contribution >= 0.6 is 23.4 Å². The Hall–Kier alpha value is -2.06. The van der Waals surface area contributed by atoms with E-state index < -0.39 is 48.7 Å². The average Bonchev–Trinajstić information content (AvgIpc) is 3.05. The number of alkyl halides is 2. The fourth-order valence-corrected chi connectivity index (χ4v) is 6.06. The summed E-state index contributed by atoms with van der Waals surface area (Å²) >= 11 is 2.78. The van der Waals surface area contributed by atoms with Gasteiger partial charge in [-0.1, -0.05) is 13.0 Å². The highest BCUT2D eigenvalue weighted by molar-refractivity contribution is 9.10. The summed E-state index contributed by atoms with van der Waals surface area (Å²) in [6, 6.07) is 4.67. The number of rotatable bonds is 11. The van der Waals surface area contributed by atoms with E-state index in [2.05, 4.69) is 31.0 Å². The number of aliphatic hydroxyl groups is 1. The molecule has 35 heavy (non-hydrogen) atoms. The molecule has 12 nitrogen and oxygen atoms in total. The van der Waals surface area contributed by atoms with E-state index >= 15 is 4.39 Å². The van der Waals surface area contributed by atoms with Crippen molar-refractivity contribution in [3.8, 4) is 0 Å². The number of carbonyl (C=O) groups is 1. The molecule has 2 aromatic heterocycles. The lowest BCUT2D eigenvalue weighted by Crippen LogP contribution is -2.40. The number of ketones is 1. The summed E-state index contributed by atoms with van der Waals surface area (Å²) in [7, 11) is -3.67. The Morgan fingerprint density at radius 2 is 2.23 bits per heavy atom. The van der Waals surface area contributed by atoms with E-state index in [1.54, 1.807) is 36.9 Å². The summed E-state index contributed by atoms with van der Waals surface area (Å²) in [6.45, 7) is 2.60. The molecule has 192 valence electrons. The lowest BCUT2D eigenvalue weighted by molar-refractivity contribution is -0.119. The van der Waals surface area contributed by atoms with Gasteiger partial charge in [0.1, 0.15) is 18.0 Å². The molecule has 1 aliphatic heterocycles. The number of Topliss-reactive ketones (excluding diaryl/α,β-unsaturated/α-hetero) is 1. The van der Waals surface area contributed by atoms with Crippen molar-refractivity contribution in [1.29, 1.82) is 0 Å². The molecular weight excluding hydrogens is 552 g/mol. The number of hydrogen-bond donors (Lipinski definition) is 4. The van der Waals surface area contributed by atoms with Crippen LogP contribution in [0.25, 0.3) is 0 Å². The van der Waals surface area contributed by atoms with Crippen molar-refractivity contribution in [2.45, 2.75) is 43.4 Å². The highest BCUT2D eigenvalue weighted by Crippen LogP contribution is 2.49. The summed E-state index contributed by atoms with van der Waals surface area (Å²) in [5.74, 6) is -0.946. The zero-order valence-electron chi connectivity index (χ0n) is 18.9. The minimum atomic E-state index is -3.67. The molecule has 2 unspecified atom stereocenters. The molecule has 0 radical (unpaired) electrons. The van der Waals surface area contributed by atoms with Gasteiger partial charge < -0.3 is 14.4 Å². The number of hydrogen-bond acceptors (Lipinski definition) is 10. The summed E-state index contributed by atoms with van der Waals surface area (Å²) in [4.78, 5) is 31.5. The molecular formula is C20H26BrFN5O7P. The lowest BCUT2D eigenvalue weighted by atomic mass is 10.1. The molecule has 4 N–H and O–H groups in total. The minimum absolute atomic E-state index is 0.129. The van der Waals surface area contributed by atoms with E-state index in [0.29, 0.717) is 0 Å². The Kier molecular flexibility index (Phi) is 8.91. The van der Waals surface area contributed by atoms with Crippen LogP contribution < -0.4 is 16.3 Å². The third kappa shape index (κ3) is 6.58. The Balaban J connectivity index is 1.76. The van der Waals surface area contributed by atoms with E-state index in [1.165, 1.54) is 13.0 Å². The molecule has 0 aromatic carbocycles. The van der Waals surface area contributed by atoms with Gasteiger partial charge in [-0.05, 0) is 40.5 Å². The van der Waals surface area contributed by atoms with Gasteiger partial charge in [-0.3, -0.25) is 29.6 Å². The van der Waals surface area contributed by atoms with Gasteiger partial charge in [0.25, 0.3) is 7.52 Å². The van der Waals surface area contributed by atoms with Gasteiger partial charge in [0, 0.05) is 37.2 Å². The number of anilines is 1. The lowest BCUT2D eigenvalue weighted by Gasteiger charge is -2.24. The smallest absolute Gasteiger partial charge is 0.351 e.